The predicted octanol–water partition coefficient (Wildman–Crippen LogP) is 1.96. The summed E-state index contributed by atoms with van der Waals surface area (Å²) in [6, 6.07) is 9.16. The lowest BCUT2D eigenvalue weighted by atomic mass is 10.0. The van der Waals surface area contributed by atoms with Crippen LogP contribution in [-0.2, 0) is 10.5 Å². The van der Waals surface area contributed by atoms with Crippen molar-refractivity contribution in [3.05, 3.63) is 35.4 Å². The molecule has 0 bridgehead atoms. The fourth-order valence-electron chi connectivity index (χ4n) is 2.17. The number of aliphatic hydroxyl groups excluding tert-OH is 1. The van der Waals surface area contributed by atoms with Gasteiger partial charge in [0.05, 0.1) is 13.2 Å². The summed E-state index contributed by atoms with van der Waals surface area (Å²) in [5.41, 5.74) is 2.91. The Bertz CT molecular complexity index is 359. The molecule has 0 saturated carbocycles. The van der Waals surface area contributed by atoms with Crippen molar-refractivity contribution in [3.63, 3.8) is 0 Å². The molecule has 1 aliphatic heterocycles. The molecule has 0 radical (unpaired) electrons. The van der Waals surface area contributed by atoms with Crippen LogP contribution in [0.15, 0.2) is 24.3 Å². The zero-order chi connectivity index (χ0) is 12.6. The smallest absolute Gasteiger partial charge is 0.0697 e. The SMILES string of the molecule is OCCOCCCNC1CSCc2ccccc21. The first-order chi connectivity index (χ1) is 8.92. The lowest BCUT2D eigenvalue weighted by Crippen LogP contribution is -2.28. The average Bonchev–Trinajstić information content (AvgIpc) is 2.43. The summed E-state index contributed by atoms with van der Waals surface area (Å²) in [5, 5.41) is 12.2. The third-order valence-corrected chi connectivity index (χ3v) is 4.15. The third-order valence-electron chi connectivity index (χ3n) is 3.06. The topological polar surface area (TPSA) is 41.5 Å². The van der Waals surface area contributed by atoms with Crippen molar-refractivity contribution in [3.8, 4) is 0 Å². The molecular formula is C14H21NO2S. The molecule has 1 atom stereocenters. The largest absolute Gasteiger partial charge is 0.394 e. The number of benzene rings is 1. The molecule has 1 aliphatic rings. The highest BCUT2D eigenvalue weighted by Gasteiger charge is 2.18. The molecule has 100 valence electrons. The Kier molecular flexibility index (Phi) is 6.00. The van der Waals surface area contributed by atoms with E-state index in [1.165, 1.54) is 11.1 Å². The second-order valence-electron chi connectivity index (χ2n) is 4.41. The Morgan fingerprint density at radius 3 is 3.11 bits per heavy atom. The Morgan fingerprint density at radius 2 is 2.22 bits per heavy atom. The minimum Gasteiger partial charge on any atom is -0.394 e. The third kappa shape index (κ3) is 3.99. The molecule has 0 amide bonds. The van der Waals surface area contributed by atoms with E-state index >= 15 is 0 Å². The van der Waals surface area contributed by atoms with E-state index in [1.54, 1.807) is 0 Å². The van der Waals surface area contributed by atoms with Crippen LogP contribution in [0.2, 0.25) is 0 Å². The van der Waals surface area contributed by atoms with Gasteiger partial charge in [0, 0.05) is 24.2 Å². The van der Waals surface area contributed by atoms with Crippen LogP contribution in [0.1, 0.15) is 23.6 Å². The van der Waals surface area contributed by atoms with Gasteiger partial charge in [0.2, 0.25) is 0 Å². The molecule has 0 saturated heterocycles. The Labute approximate surface area is 113 Å². The summed E-state index contributed by atoms with van der Waals surface area (Å²) in [7, 11) is 0. The molecule has 4 heteroatoms. The van der Waals surface area contributed by atoms with E-state index in [9.17, 15) is 0 Å². The molecule has 1 heterocycles. The van der Waals surface area contributed by atoms with E-state index in [2.05, 4.69) is 29.6 Å². The Morgan fingerprint density at radius 1 is 1.33 bits per heavy atom. The van der Waals surface area contributed by atoms with Crippen molar-refractivity contribution in [1.29, 1.82) is 0 Å². The second kappa shape index (κ2) is 7.79. The zero-order valence-corrected chi connectivity index (χ0v) is 11.4. The van der Waals surface area contributed by atoms with E-state index in [4.69, 9.17) is 9.84 Å². The van der Waals surface area contributed by atoms with Crippen molar-refractivity contribution in [2.45, 2.75) is 18.2 Å². The number of ether oxygens (including phenoxy) is 1. The number of aliphatic hydroxyl groups is 1. The Hall–Kier alpha value is -0.550. The summed E-state index contributed by atoms with van der Waals surface area (Å²) >= 11 is 1.99. The van der Waals surface area contributed by atoms with Gasteiger partial charge in [0.1, 0.15) is 0 Å². The maximum atomic E-state index is 8.59. The first kappa shape index (κ1) is 13.9. The maximum Gasteiger partial charge on any atom is 0.0697 e. The summed E-state index contributed by atoms with van der Waals surface area (Å²) in [4.78, 5) is 0. The molecule has 18 heavy (non-hydrogen) atoms. The molecule has 2 rings (SSSR count). The van der Waals surface area contributed by atoms with E-state index < -0.39 is 0 Å². The molecule has 0 spiro atoms. The summed E-state index contributed by atoms with van der Waals surface area (Å²) in [6.07, 6.45) is 0.989. The molecule has 1 aromatic rings. The van der Waals surface area contributed by atoms with Crippen molar-refractivity contribution in [1.82, 2.24) is 5.32 Å². The molecule has 1 unspecified atom stereocenters. The number of thioether (sulfide) groups is 1. The minimum absolute atomic E-state index is 0.111. The summed E-state index contributed by atoms with van der Waals surface area (Å²) < 4.78 is 5.25. The molecule has 1 aromatic carbocycles. The van der Waals surface area contributed by atoms with E-state index in [1.807, 2.05) is 11.8 Å². The predicted molar refractivity (Wildman–Crippen MR) is 75.9 cm³/mol. The van der Waals surface area contributed by atoms with Crippen LogP contribution < -0.4 is 5.32 Å². The minimum atomic E-state index is 0.111. The van der Waals surface area contributed by atoms with Crippen LogP contribution in [0.5, 0.6) is 0 Å². The van der Waals surface area contributed by atoms with Crippen molar-refractivity contribution < 1.29 is 9.84 Å². The van der Waals surface area contributed by atoms with Crippen LogP contribution in [0.3, 0.4) is 0 Å². The zero-order valence-electron chi connectivity index (χ0n) is 10.6. The van der Waals surface area contributed by atoms with Gasteiger partial charge in [-0.1, -0.05) is 24.3 Å². The van der Waals surface area contributed by atoms with Gasteiger partial charge in [-0.05, 0) is 24.1 Å². The quantitative estimate of drug-likeness (QED) is 0.741. The van der Waals surface area contributed by atoms with Crippen LogP contribution in [-0.4, -0.2) is 37.2 Å². The first-order valence-electron chi connectivity index (χ1n) is 6.49. The molecule has 2 N–H and O–H groups in total. The highest BCUT2D eigenvalue weighted by Crippen LogP contribution is 2.31. The van der Waals surface area contributed by atoms with Crippen LogP contribution in [0.25, 0.3) is 0 Å². The second-order valence-corrected chi connectivity index (χ2v) is 5.44. The van der Waals surface area contributed by atoms with Gasteiger partial charge in [0.25, 0.3) is 0 Å². The van der Waals surface area contributed by atoms with Crippen LogP contribution in [0.4, 0.5) is 0 Å². The molecule has 0 fully saturated rings. The molecule has 0 aromatic heterocycles. The normalized spacial score (nSPS) is 18.6. The number of hydrogen-bond acceptors (Lipinski definition) is 4. The standard InChI is InChI=1S/C14H21NO2S/c16-7-9-17-8-3-6-15-14-11-18-10-12-4-1-2-5-13(12)14/h1-2,4-5,14-16H,3,6-11H2. The van der Waals surface area contributed by atoms with Crippen molar-refractivity contribution in [2.75, 3.05) is 32.1 Å². The van der Waals surface area contributed by atoms with Gasteiger partial charge in [-0.3, -0.25) is 0 Å². The van der Waals surface area contributed by atoms with Crippen LogP contribution >= 0.6 is 11.8 Å². The fraction of sp³-hybridized carbons (Fsp3) is 0.571. The molecule has 0 aliphatic carbocycles. The van der Waals surface area contributed by atoms with E-state index in [0.29, 0.717) is 12.6 Å². The van der Waals surface area contributed by atoms with Crippen molar-refractivity contribution >= 4 is 11.8 Å². The molecule has 3 nitrogen and oxygen atoms in total. The highest BCUT2D eigenvalue weighted by atomic mass is 32.2. The lowest BCUT2D eigenvalue weighted by molar-refractivity contribution is 0.0904. The van der Waals surface area contributed by atoms with Gasteiger partial charge in [-0.25, -0.2) is 0 Å². The average molecular weight is 267 g/mol. The van der Waals surface area contributed by atoms with Gasteiger partial charge in [-0.15, -0.1) is 0 Å². The number of rotatable bonds is 7. The summed E-state index contributed by atoms with van der Waals surface area (Å²) in [5.74, 6) is 2.28. The maximum absolute atomic E-state index is 8.59. The lowest BCUT2D eigenvalue weighted by Gasteiger charge is -2.26. The van der Waals surface area contributed by atoms with E-state index in [0.717, 1.165) is 31.1 Å². The number of fused-ring (bicyclic) bond motifs is 1. The van der Waals surface area contributed by atoms with Gasteiger partial charge >= 0.3 is 0 Å². The van der Waals surface area contributed by atoms with Gasteiger partial charge < -0.3 is 15.2 Å². The number of nitrogens with one attached hydrogen (secondary N) is 1. The van der Waals surface area contributed by atoms with Gasteiger partial charge in [0.15, 0.2) is 0 Å². The molecular weight excluding hydrogens is 246 g/mol. The monoisotopic (exact) mass is 267 g/mol. The Balaban J connectivity index is 1.74. The first-order valence-corrected chi connectivity index (χ1v) is 7.65. The number of hydrogen-bond donors (Lipinski definition) is 2. The fourth-order valence-corrected chi connectivity index (χ4v) is 3.30. The van der Waals surface area contributed by atoms with E-state index in [-0.39, 0.29) is 6.61 Å². The highest BCUT2D eigenvalue weighted by molar-refractivity contribution is 7.98. The van der Waals surface area contributed by atoms with Gasteiger partial charge in [-0.2, -0.15) is 11.8 Å². The van der Waals surface area contributed by atoms with Crippen molar-refractivity contribution in [2.24, 2.45) is 0 Å². The van der Waals surface area contributed by atoms with Crippen LogP contribution in [0, 0.1) is 0 Å². The summed E-state index contributed by atoms with van der Waals surface area (Å²) in [6.45, 7) is 2.24.